The van der Waals surface area contributed by atoms with E-state index in [-0.39, 0.29) is 23.5 Å². The zero-order valence-corrected chi connectivity index (χ0v) is 13.6. The van der Waals surface area contributed by atoms with Crippen LogP contribution in [0.15, 0.2) is 12.1 Å². The van der Waals surface area contributed by atoms with Gasteiger partial charge in [0.25, 0.3) is 5.60 Å². The maximum absolute atomic E-state index is 12.9. The molecule has 0 unspecified atom stereocenters. The molecule has 1 aromatic rings. The Morgan fingerprint density at radius 3 is 1.71 bits per heavy atom. The number of benzene rings is 1. The van der Waals surface area contributed by atoms with Crippen molar-refractivity contribution < 1.29 is 36.2 Å². The lowest BCUT2D eigenvalue weighted by molar-refractivity contribution is -0.376. The smallest absolute Gasteiger partial charge is 0.430 e. The van der Waals surface area contributed by atoms with Crippen LogP contribution in [0.5, 0.6) is 5.75 Å². The molecule has 1 N–H and O–H groups in total. The van der Waals surface area contributed by atoms with Crippen molar-refractivity contribution >= 4 is 0 Å². The van der Waals surface area contributed by atoms with Crippen LogP contribution in [0.3, 0.4) is 0 Å². The highest BCUT2D eigenvalue weighted by molar-refractivity contribution is 5.46. The van der Waals surface area contributed by atoms with Gasteiger partial charge in [-0.25, -0.2) is 0 Å². The van der Waals surface area contributed by atoms with Crippen LogP contribution in [0.1, 0.15) is 16.7 Å². The van der Waals surface area contributed by atoms with E-state index in [2.05, 4.69) is 0 Å². The van der Waals surface area contributed by atoms with Gasteiger partial charge in [0, 0.05) is 12.1 Å². The first kappa shape index (κ1) is 20.6. The number of rotatable bonds is 5. The summed E-state index contributed by atoms with van der Waals surface area (Å²) in [6.07, 6.45) is -11.8. The predicted octanol–water partition coefficient (Wildman–Crippen LogP) is 3.56. The molecule has 0 heterocycles. The lowest BCUT2D eigenvalue weighted by atomic mass is 9.89. The molecule has 9 heteroatoms. The fourth-order valence-corrected chi connectivity index (χ4v) is 2.21. The average Bonchev–Trinajstić information content (AvgIpc) is 2.37. The van der Waals surface area contributed by atoms with Gasteiger partial charge in [-0.1, -0.05) is 0 Å². The Labute approximate surface area is 135 Å². The van der Waals surface area contributed by atoms with Gasteiger partial charge in [-0.15, -0.1) is 0 Å². The summed E-state index contributed by atoms with van der Waals surface area (Å²) in [6, 6.07) is 1.30. The largest absolute Gasteiger partial charge is 0.492 e. The maximum Gasteiger partial charge on any atom is 0.430 e. The molecule has 0 spiro atoms. The number of hydrogen-bond acceptors (Lipinski definition) is 3. The summed E-state index contributed by atoms with van der Waals surface area (Å²) in [5.74, 6) is 0.201. The standard InChI is InChI=1S/C15H19F6NO2/c1-9-7-11(13(23,14(16,17)18)15(19,20)21)8-10(2)12(9)24-6-5-22(3)4/h7-8,23H,5-6H2,1-4H3. The number of hydrogen-bond donors (Lipinski definition) is 1. The molecule has 0 aliphatic heterocycles. The molecule has 0 atom stereocenters. The molecule has 138 valence electrons. The van der Waals surface area contributed by atoms with Crippen molar-refractivity contribution in [1.29, 1.82) is 0 Å². The zero-order valence-electron chi connectivity index (χ0n) is 13.6. The van der Waals surface area contributed by atoms with Crippen LogP contribution in [-0.4, -0.2) is 49.6 Å². The molecule has 0 aromatic heterocycles. The first-order valence-corrected chi connectivity index (χ1v) is 6.97. The number of likely N-dealkylation sites (N-methyl/N-ethyl adjacent to an activating group) is 1. The van der Waals surface area contributed by atoms with E-state index in [1.165, 1.54) is 13.8 Å². The second kappa shape index (κ2) is 6.79. The van der Waals surface area contributed by atoms with Gasteiger partial charge >= 0.3 is 12.4 Å². The fourth-order valence-electron chi connectivity index (χ4n) is 2.21. The maximum atomic E-state index is 12.9. The lowest BCUT2D eigenvalue weighted by Crippen LogP contribution is -2.54. The highest BCUT2D eigenvalue weighted by atomic mass is 19.4. The monoisotopic (exact) mass is 359 g/mol. The molecule has 0 saturated carbocycles. The lowest BCUT2D eigenvalue weighted by Gasteiger charge is -2.33. The highest BCUT2D eigenvalue weighted by Crippen LogP contribution is 2.50. The van der Waals surface area contributed by atoms with Crippen LogP contribution in [0.4, 0.5) is 26.3 Å². The quantitative estimate of drug-likeness (QED) is 0.816. The first-order chi connectivity index (χ1) is 10.7. The van der Waals surface area contributed by atoms with E-state index in [4.69, 9.17) is 4.74 Å². The number of aliphatic hydroxyl groups is 1. The topological polar surface area (TPSA) is 32.7 Å². The minimum Gasteiger partial charge on any atom is -0.492 e. The minimum absolute atomic E-state index is 0.0793. The molecule has 0 radical (unpaired) electrons. The van der Waals surface area contributed by atoms with Crippen molar-refractivity contribution in [2.45, 2.75) is 31.8 Å². The Balaban J connectivity index is 3.31. The average molecular weight is 359 g/mol. The molecular weight excluding hydrogens is 340 g/mol. The Kier molecular flexibility index (Phi) is 5.82. The summed E-state index contributed by atoms with van der Waals surface area (Å²) < 4.78 is 83.0. The van der Waals surface area contributed by atoms with Crippen molar-refractivity contribution in [3.8, 4) is 5.75 Å². The van der Waals surface area contributed by atoms with Gasteiger partial charge in [-0.3, -0.25) is 0 Å². The summed E-state index contributed by atoms with van der Waals surface area (Å²) in [4.78, 5) is 1.81. The van der Waals surface area contributed by atoms with Crippen LogP contribution in [0, 0.1) is 13.8 Å². The molecule has 0 aliphatic rings. The molecule has 0 aliphatic carbocycles. The molecule has 0 saturated heterocycles. The summed E-state index contributed by atoms with van der Waals surface area (Å²) in [5, 5.41) is 9.45. The van der Waals surface area contributed by atoms with E-state index >= 15 is 0 Å². The second-order valence-corrected chi connectivity index (χ2v) is 5.80. The van der Waals surface area contributed by atoms with Crippen molar-refractivity contribution in [1.82, 2.24) is 4.90 Å². The van der Waals surface area contributed by atoms with E-state index in [9.17, 15) is 31.4 Å². The van der Waals surface area contributed by atoms with Gasteiger partial charge in [0.1, 0.15) is 12.4 Å². The van der Waals surface area contributed by atoms with Gasteiger partial charge in [0.15, 0.2) is 0 Å². The van der Waals surface area contributed by atoms with Crippen LogP contribution >= 0.6 is 0 Å². The normalized spacial score (nSPS) is 13.5. The summed E-state index contributed by atoms with van der Waals surface area (Å²) in [7, 11) is 3.58. The third-order valence-corrected chi connectivity index (χ3v) is 3.48. The fraction of sp³-hybridized carbons (Fsp3) is 0.600. The van der Waals surface area contributed by atoms with Gasteiger partial charge in [0.2, 0.25) is 0 Å². The van der Waals surface area contributed by atoms with Gasteiger partial charge in [0.05, 0.1) is 0 Å². The SMILES string of the molecule is Cc1cc(C(O)(C(F)(F)F)C(F)(F)F)cc(C)c1OCCN(C)C. The number of aryl methyl sites for hydroxylation is 2. The van der Waals surface area contributed by atoms with Crippen molar-refractivity contribution in [3.63, 3.8) is 0 Å². The van der Waals surface area contributed by atoms with Crippen LogP contribution in [0.2, 0.25) is 0 Å². The molecule has 0 fully saturated rings. The molecule has 0 bridgehead atoms. The Bertz CT molecular complexity index is 543. The number of alkyl halides is 6. The van der Waals surface area contributed by atoms with Crippen molar-refractivity contribution in [2.24, 2.45) is 0 Å². The van der Waals surface area contributed by atoms with Crippen molar-refractivity contribution in [3.05, 3.63) is 28.8 Å². The first-order valence-electron chi connectivity index (χ1n) is 6.97. The molecular formula is C15H19F6NO2. The van der Waals surface area contributed by atoms with Gasteiger partial charge in [-0.05, 0) is 51.2 Å². The Morgan fingerprint density at radius 2 is 1.38 bits per heavy atom. The Morgan fingerprint density at radius 1 is 0.958 bits per heavy atom. The van der Waals surface area contributed by atoms with Crippen LogP contribution in [0.25, 0.3) is 0 Å². The predicted molar refractivity (Wildman–Crippen MR) is 76.0 cm³/mol. The van der Waals surface area contributed by atoms with Crippen LogP contribution < -0.4 is 4.74 Å². The molecule has 3 nitrogen and oxygen atoms in total. The molecule has 0 amide bonds. The number of ether oxygens (including phenoxy) is 1. The summed E-state index contributed by atoms with van der Waals surface area (Å²) >= 11 is 0. The Hall–Kier alpha value is -1.48. The number of halogens is 6. The molecule has 24 heavy (non-hydrogen) atoms. The van der Waals surface area contributed by atoms with E-state index in [1.54, 1.807) is 14.1 Å². The van der Waals surface area contributed by atoms with Crippen LogP contribution in [-0.2, 0) is 5.60 Å². The highest BCUT2D eigenvalue weighted by Gasteiger charge is 2.71. The summed E-state index contributed by atoms with van der Waals surface area (Å²) in [5.41, 5.74) is -6.05. The van der Waals surface area contributed by atoms with Gasteiger partial charge < -0.3 is 14.7 Å². The zero-order chi connectivity index (χ0) is 18.9. The van der Waals surface area contributed by atoms with Crippen molar-refractivity contribution in [2.75, 3.05) is 27.2 Å². The van der Waals surface area contributed by atoms with E-state index in [1.807, 2.05) is 4.90 Å². The third-order valence-electron chi connectivity index (χ3n) is 3.48. The van der Waals surface area contributed by atoms with E-state index < -0.39 is 23.5 Å². The molecule has 1 aromatic carbocycles. The van der Waals surface area contributed by atoms with E-state index in [0.717, 1.165) is 0 Å². The van der Waals surface area contributed by atoms with E-state index in [0.29, 0.717) is 18.7 Å². The minimum atomic E-state index is -5.91. The van der Waals surface area contributed by atoms with Gasteiger partial charge in [-0.2, -0.15) is 26.3 Å². The molecule has 1 rings (SSSR count). The summed E-state index contributed by atoms with van der Waals surface area (Å²) in [6.45, 7) is 3.40. The second-order valence-electron chi connectivity index (χ2n) is 5.80. The number of nitrogens with zero attached hydrogens (tertiary/aromatic N) is 1. The third kappa shape index (κ3) is 3.94.